The van der Waals surface area contributed by atoms with E-state index in [1.807, 2.05) is 19.1 Å². The van der Waals surface area contributed by atoms with Gasteiger partial charge in [-0.25, -0.2) is 8.42 Å². The summed E-state index contributed by atoms with van der Waals surface area (Å²) in [7, 11) is -4.15. The molecular weight excluding hydrogens is 507 g/mol. The maximum Gasteiger partial charge on any atom is 0.416 e. The van der Waals surface area contributed by atoms with Crippen molar-refractivity contribution in [3.8, 4) is 0 Å². The van der Waals surface area contributed by atoms with Gasteiger partial charge < -0.3 is 10.2 Å². The van der Waals surface area contributed by atoms with E-state index < -0.39 is 51.7 Å². The maximum atomic E-state index is 13.7. The van der Waals surface area contributed by atoms with Crippen molar-refractivity contribution in [1.29, 1.82) is 0 Å². The van der Waals surface area contributed by atoms with E-state index in [0.717, 1.165) is 29.5 Å². The van der Waals surface area contributed by atoms with Crippen molar-refractivity contribution >= 4 is 27.5 Å². The highest BCUT2D eigenvalue weighted by Crippen LogP contribution is 2.32. The number of carbonyl (C=O) groups excluding carboxylic acids is 2. The van der Waals surface area contributed by atoms with Gasteiger partial charge in [0.15, 0.2) is 0 Å². The summed E-state index contributed by atoms with van der Waals surface area (Å²) in [6, 6.07) is 10.1. The molecule has 2 rings (SSSR count). The zero-order valence-corrected chi connectivity index (χ0v) is 22.7. The molecule has 0 saturated heterocycles. The molecule has 204 valence electrons. The van der Waals surface area contributed by atoms with Crippen molar-refractivity contribution in [1.82, 2.24) is 10.2 Å². The molecule has 0 aromatic heterocycles. The quantitative estimate of drug-likeness (QED) is 0.507. The van der Waals surface area contributed by atoms with Gasteiger partial charge in [0, 0.05) is 12.1 Å². The van der Waals surface area contributed by atoms with Crippen LogP contribution < -0.4 is 9.62 Å². The van der Waals surface area contributed by atoms with E-state index in [1.54, 1.807) is 39.8 Å². The molecule has 2 amide bonds. The molecule has 0 bridgehead atoms. The molecule has 0 saturated carbocycles. The highest BCUT2D eigenvalue weighted by Gasteiger charge is 2.35. The summed E-state index contributed by atoms with van der Waals surface area (Å²) in [5.41, 5.74) is -0.307. The molecule has 7 nitrogen and oxygen atoms in total. The van der Waals surface area contributed by atoms with Gasteiger partial charge in [0.1, 0.15) is 12.6 Å². The maximum absolute atomic E-state index is 13.7. The molecule has 0 radical (unpaired) electrons. The summed E-state index contributed by atoms with van der Waals surface area (Å²) in [5, 5.41) is 2.86. The number of amides is 2. The zero-order chi connectivity index (χ0) is 28.2. The van der Waals surface area contributed by atoms with Crippen LogP contribution in [0.3, 0.4) is 0 Å². The van der Waals surface area contributed by atoms with Crippen LogP contribution in [0.1, 0.15) is 50.8 Å². The van der Waals surface area contributed by atoms with Gasteiger partial charge in [-0.1, -0.05) is 37.3 Å². The van der Waals surface area contributed by atoms with Crippen LogP contribution in [0.25, 0.3) is 0 Å². The molecule has 0 aliphatic heterocycles. The summed E-state index contributed by atoms with van der Waals surface area (Å²) in [5.74, 6) is -1.14. The number of nitrogens with one attached hydrogen (secondary N) is 1. The topological polar surface area (TPSA) is 86.8 Å². The van der Waals surface area contributed by atoms with E-state index in [-0.39, 0.29) is 18.7 Å². The van der Waals surface area contributed by atoms with Crippen molar-refractivity contribution in [2.24, 2.45) is 0 Å². The number of alkyl halides is 3. The number of hydrogen-bond donors (Lipinski definition) is 1. The summed E-state index contributed by atoms with van der Waals surface area (Å²) in [4.78, 5) is 28.1. The predicted molar refractivity (Wildman–Crippen MR) is 137 cm³/mol. The Morgan fingerprint density at radius 2 is 1.65 bits per heavy atom. The van der Waals surface area contributed by atoms with E-state index >= 15 is 0 Å². The van der Waals surface area contributed by atoms with E-state index in [9.17, 15) is 31.2 Å². The molecule has 0 aliphatic rings. The Bertz CT molecular complexity index is 1220. The number of rotatable bonds is 9. The van der Waals surface area contributed by atoms with Crippen molar-refractivity contribution < 1.29 is 31.2 Å². The van der Waals surface area contributed by atoms with Gasteiger partial charge in [0.25, 0.3) is 0 Å². The second kappa shape index (κ2) is 11.5. The standard InChI is InChI=1S/C26H34F3N3O4S/c1-7-22(24(34)30-25(3,4)5)31(16-19-12-9-8-11-18(19)2)23(33)17-32(37(6,35)36)21-14-10-13-20(15-21)26(27,28)29/h8-15,22H,7,16-17H2,1-6H3,(H,30,34)/t22-/m0/s1. The van der Waals surface area contributed by atoms with Gasteiger partial charge in [0.2, 0.25) is 21.8 Å². The third-order valence-corrected chi connectivity index (χ3v) is 6.77. The van der Waals surface area contributed by atoms with Gasteiger partial charge in [-0.2, -0.15) is 13.2 Å². The molecule has 0 aliphatic carbocycles. The molecule has 37 heavy (non-hydrogen) atoms. The van der Waals surface area contributed by atoms with Gasteiger partial charge in [0.05, 0.1) is 17.5 Å². The van der Waals surface area contributed by atoms with E-state index in [1.165, 1.54) is 11.0 Å². The highest BCUT2D eigenvalue weighted by molar-refractivity contribution is 7.92. The number of benzene rings is 2. The third-order valence-electron chi connectivity index (χ3n) is 5.63. The van der Waals surface area contributed by atoms with Crippen molar-refractivity contribution in [3.05, 3.63) is 65.2 Å². The predicted octanol–water partition coefficient (Wildman–Crippen LogP) is 4.50. The van der Waals surface area contributed by atoms with Crippen molar-refractivity contribution in [2.45, 2.75) is 65.3 Å². The Balaban J connectivity index is 2.52. The summed E-state index contributed by atoms with van der Waals surface area (Å²) >= 11 is 0. The van der Waals surface area contributed by atoms with E-state index in [2.05, 4.69) is 5.32 Å². The van der Waals surface area contributed by atoms with Crippen LogP contribution >= 0.6 is 0 Å². The van der Waals surface area contributed by atoms with Gasteiger partial charge >= 0.3 is 6.18 Å². The lowest BCUT2D eigenvalue weighted by atomic mass is 10.0. The second-order valence-electron chi connectivity index (χ2n) is 9.93. The number of sulfonamides is 1. The zero-order valence-electron chi connectivity index (χ0n) is 21.9. The normalized spacial score (nSPS) is 13.1. The lowest BCUT2D eigenvalue weighted by Gasteiger charge is -2.34. The van der Waals surface area contributed by atoms with Gasteiger partial charge in [-0.3, -0.25) is 13.9 Å². The first-order valence-corrected chi connectivity index (χ1v) is 13.6. The number of anilines is 1. The molecule has 2 aromatic carbocycles. The Kier molecular flexibility index (Phi) is 9.40. The molecule has 0 heterocycles. The number of nitrogens with zero attached hydrogens (tertiary/aromatic N) is 2. The molecule has 2 aromatic rings. The number of hydrogen-bond acceptors (Lipinski definition) is 4. The lowest BCUT2D eigenvalue weighted by molar-refractivity contribution is -0.141. The number of aryl methyl sites for hydroxylation is 1. The third kappa shape index (κ3) is 8.48. The molecule has 0 fully saturated rings. The van der Waals surface area contributed by atoms with Gasteiger partial charge in [-0.05, 0) is 63.4 Å². The molecular formula is C26H34F3N3O4S. The molecule has 1 N–H and O–H groups in total. The van der Waals surface area contributed by atoms with Crippen LogP contribution in [0.15, 0.2) is 48.5 Å². The minimum atomic E-state index is -4.70. The highest BCUT2D eigenvalue weighted by atomic mass is 32.2. The first kappa shape index (κ1) is 30.1. The van der Waals surface area contributed by atoms with Crippen molar-refractivity contribution in [2.75, 3.05) is 17.1 Å². The Morgan fingerprint density at radius 1 is 1.03 bits per heavy atom. The van der Waals surface area contributed by atoms with Gasteiger partial charge in [-0.15, -0.1) is 0 Å². The number of halogens is 3. The van der Waals surface area contributed by atoms with Crippen LogP contribution in [0.4, 0.5) is 18.9 Å². The molecule has 11 heteroatoms. The summed E-state index contributed by atoms with van der Waals surface area (Å²) in [6.07, 6.45) is -3.64. The fraction of sp³-hybridized carbons (Fsp3) is 0.462. The van der Waals surface area contributed by atoms with Crippen LogP contribution in [-0.2, 0) is 32.3 Å². The smallest absolute Gasteiger partial charge is 0.350 e. The van der Waals surface area contributed by atoms with Crippen LogP contribution in [0, 0.1) is 6.92 Å². The Hall–Kier alpha value is -3.08. The fourth-order valence-electron chi connectivity index (χ4n) is 3.79. The lowest BCUT2D eigenvalue weighted by Crippen LogP contribution is -2.55. The van der Waals surface area contributed by atoms with Crippen LogP contribution in [-0.4, -0.2) is 49.5 Å². The SMILES string of the molecule is CC[C@@H](C(=O)NC(C)(C)C)N(Cc1ccccc1C)C(=O)CN(c1cccc(C(F)(F)F)c1)S(C)(=O)=O. The Labute approximate surface area is 216 Å². The second-order valence-corrected chi connectivity index (χ2v) is 11.8. The molecule has 0 spiro atoms. The average molecular weight is 542 g/mol. The monoisotopic (exact) mass is 541 g/mol. The largest absolute Gasteiger partial charge is 0.416 e. The Morgan fingerprint density at radius 3 is 2.16 bits per heavy atom. The first-order valence-electron chi connectivity index (χ1n) is 11.7. The van der Waals surface area contributed by atoms with Crippen LogP contribution in [0.5, 0.6) is 0 Å². The minimum Gasteiger partial charge on any atom is -0.350 e. The number of carbonyl (C=O) groups is 2. The first-order chi connectivity index (χ1) is 16.9. The average Bonchev–Trinajstić information content (AvgIpc) is 2.76. The fourth-order valence-corrected chi connectivity index (χ4v) is 4.64. The van der Waals surface area contributed by atoms with E-state index in [4.69, 9.17) is 0 Å². The van der Waals surface area contributed by atoms with E-state index in [0.29, 0.717) is 10.4 Å². The summed E-state index contributed by atoms with van der Waals surface area (Å²) < 4.78 is 65.7. The van der Waals surface area contributed by atoms with Crippen LogP contribution in [0.2, 0.25) is 0 Å². The molecule has 1 atom stereocenters. The minimum absolute atomic E-state index is 0.0156. The summed E-state index contributed by atoms with van der Waals surface area (Å²) in [6.45, 7) is 8.21. The molecule has 0 unspecified atom stereocenters. The van der Waals surface area contributed by atoms with Crippen molar-refractivity contribution in [3.63, 3.8) is 0 Å².